The number of carbonyl (C=O) groups excluding carboxylic acids is 1. The fourth-order valence-electron chi connectivity index (χ4n) is 3.17. The number of carbonyl (C=O) groups is 1. The monoisotopic (exact) mass is 340 g/mol. The molecule has 0 bridgehead atoms. The molecule has 0 unspecified atom stereocenters. The predicted octanol–water partition coefficient (Wildman–Crippen LogP) is 4.82. The van der Waals surface area contributed by atoms with Crippen LogP contribution in [0.4, 0.5) is 0 Å². The molecule has 3 heterocycles. The summed E-state index contributed by atoms with van der Waals surface area (Å²) in [6.45, 7) is 3.89. The van der Waals surface area contributed by atoms with Crippen molar-refractivity contribution in [3.63, 3.8) is 0 Å². The maximum atomic E-state index is 12.7. The van der Waals surface area contributed by atoms with Crippen molar-refractivity contribution < 1.29 is 9.21 Å². The van der Waals surface area contributed by atoms with Crippen molar-refractivity contribution in [3.8, 4) is 10.8 Å². The summed E-state index contributed by atoms with van der Waals surface area (Å²) in [5, 5.41) is 0.819. The quantitative estimate of drug-likeness (QED) is 0.672. The van der Waals surface area contributed by atoms with E-state index in [1.54, 1.807) is 17.4 Å². The van der Waals surface area contributed by atoms with Gasteiger partial charge in [-0.1, -0.05) is 19.1 Å². The number of furan rings is 1. The van der Waals surface area contributed by atoms with Crippen molar-refractivity contribution in [1.82, 2.24) is 9.88 Å². The third kappa shape index (κ3) is 2.96. The molecular weight excluding hydrogens is 320 g/mol. The van der Waals surface area contributed by atoms with Gasteiger partial charge >= 0.3 is 0 Å². The van der Waals surface area contributed by atoms with E-state index in [0.717, 1.165) is 41.2 Å². The molecule has 1 aliphatic heterocycles. The van der Waals surface area contributed by atoms with Crippen molar-refractivity contribution >= 4 is 27.5 Å². The number of hydrogen-bond acceptors (Lipinski definition) is 4. The molecule has 124 valence electrons. The second-order valence-corrected chi connectivity index (χ2v) is 7.51. The van der Waals surface area contributed by atoms with Gasteiger partial charge in [-0.05, 0) is 49.4 Å². The molecule has 1 fully saturated rings. The average molecular weight is 340 g/mol. The summed E-state index contributed by atoms with van der Waals surface area (Å²) in [5.41, 5.74) is 0.961. The van der Waals surface area contributed by atoms with Crippen LogP contribution in [0.5, 0.6) is 0 Å². The lowest BCUT2D eigenvalue weighted by Crippen LogP contribution is -2.31. The zero-order chi connectivity index (χ0) is 16.5. The number of hydrogen-bond donors (Lipinski definition) is 0. The van der Waals surface area contributed by atoms with Crippen molar-refractivity contribution in [1.29, 1.82) is 0 Å². The van der Waals surface area contributed by atoms with Crippen LogP contribution in [0.2, 0.25) is 0 Å². The molecule has 3 aromatic rings. The van der Waals surface area contributed by atoms with E-state index < -0.39 is 0 Å². The highest BCUT2D eigenvalue weighted by Gasteiger charge is 2.23. The van der Waals surface area contributed by atoms with E-state index in [-0.39, 0.29) is 5.91 Å². The van der Waals surface area contributed by atoms with Crippen molar-refractivity contribution in [2.24, 2.45) is 5.92 Å². The normalized spacial score (nSPS) is 18.7. The zero-order valence-electron chi connectivity index (χ0n) is 13.7. The highest BCUT2D eigenvalue weighted by atomic mass is 32.1. The number of benzene rings is 1. The highest BCUT2D eigenvalue weighted by molar-refractivity contribution is 7.21. The van der Waals surface area contributed by atoms with E-state index in [1.165, 1.54) is 6.42 Å². The number of thiazole rings is 1. The topological polar surface area (TPSA) is 46.3 Å². The molecule has 0 saturated carbocycles. The number of amides is 1. The van der Waals surface area contributed by atoms with Crippen molar-refractivity contribution in [3.05, 3.63) is 42.2 Å². The molecule has 0 radical (unpaired) electrons. The van der Waals surface area contributed by atoms with Gasteiger partial charge < -0.3 is 9.32 Å². The Balaban J connectivity index is 1.56. The Hall–Kier alpha value is -2.14. The summed E-state index contributed by atoms with van der Waals surface area (Å²) in [6.07, 6.45) is 3.33. The molecule has 5 heteroatoms. The van der Waals surface area contributed by atoms with Crippen molar-refractivity contribution in [2.45, 2.75) is 26.2 Å². The molecule has 24 heavy (non-hydrogen) atoms. The summed E-state index contributed by atoms with van der Waals surface area (Å²) in [5.74, 6) is 1.77. The van der Waals surface area contributed by atoms with Crippen LogP contribution in [0.3, 0.4) is 0 Å². The molecule has 1 amide bonds. The lowest BCUT2D eigenvalue weighted by molar-refractivity contribution is 0.0729. The molecule has 0 aliphatic carbocycles. The van der Waals surface area contributed by atoms with Crippen LogP contribution >= 0.6 is 11.3 Å². The molecule has 1 atom stereocenters. The highest BCUT2D eigenvalue weighted by Crippen LogP contribution is 2.31. The van der Waals surface area contributed by atoms with E-state index in [0.29, 0.717) is 17.4 Å². The van der Waals surface area contributed by atoms with Crippen LogP contribution in [0, 0.1) is 5.92 Å². The van der Waals surface area contributed by atoms with Gasteiger partial charge in [0, 0.05) is 13.1 Å². The van der Waals surface area contributed by atoms with E-state index >= 15 is 0 Å². The summed E-state index contributed by atoms with van der Waals surface area (Å²) in [7, 11) is 0. The van der Waals surface area contributed by atoms with Gasteiger partial charge in [0.2, 0.25) is 0 Å². The first-order chi connectivity index (χ1) is 11.7. The third-order valence-electron chi connectivity index (χ3n) is 4.63. The van der Waals surface area contributed by atoms with E-state index in [1.807, 2.05) is 35.2 Å². The number of nitrogens with zero attached hydrogens (tertiary/aromatic N) is 2. The van der Waals surface area contributed by atoms with Gasteiger partial charge in [0.05, 0.1) is 10.2 Å². The van der Waals surface area contributed by atoms with Gasteiger partial charge in [-0.25, -0.2) is 4.98 Å². The minimum absolute atomic E-state index is 0.00328. The molecule has 1 aromatic carbocycles. The first kappa shape index (κ1) is 15.4. The average Bonchev–Trinajstić information content (AvgIpc) is 3.18. The fourth-order valence-corrected chi connectivity index (χ4v) is 4.09. The molecular formula is C19H20N2O2S. The maximum Gasteiger partial charge on any atom is 0.289 e. The Morgan fingerprint density at radius 1 is 1.21 bits per heavy atom. The Morgan fingerprint density at radius 3 is 2.96 bits per heavy atom. The minimum Gasteiger partial charge on any atom is -0.448 e. The van der Waals surface area contributed by atoms with Crippen LogP contribution in [0.15, 0.2) is 40.8 Å². The van der Waals surface area contributed by atoms with Crippen molar-refractivity contribution in [2.75, 3.05) is 13.1 Å². The molecule has 2 aromatic heterocycles. The van der Waals surface area contributed by atoms with Gasteiger partial charge in [-0.3, -0.25) is 4.79 Å². The van der Waals surface area contributed by atoms with Gasteiger partial charge in [-0.2, -0.15) is 0 Å². The van der Waals surface area contributed by atoms with Gasteiger partial charge in [0.1, 0.15) is 0 Å². The Bertz CT molecular complexity index is 834. The number of para-hydroxylation sites is 1. The Morgan fingerprint density at radius 2 is 2.08 bits per heavy atom. The minimum atomic E-state index is -0.00328. The summed E-state index contributed by atoms with van der Waals surface area (Å²) >= 11 is 1.58. The molecule has 4 rings (SSSR count). The summed E-state index contributed by atoms with van der Waals surface area (Å²) < 4.78 is 6.96. The second kappa shape index (κ2) is 6.40. The third-order valence-corrected chi connectivity index (χ3v) is 5.68. The largest absolute Gasteiger partial charge is 0.448 e. The maximum absolute atomic E-state index is 12.7. The van der Waals surface area contributed by atoms with Crippen LogP contribution < -0.4 is 0 Å². The number of aromatic nitrogens is 1. The summed E-state index contributed by atoms with van der Waals surface area (Å²) in [6, 6.07) is 11.6. The molecule has 0 N–H and O–H groups in total. The van der Waals surface area contributed by atoms with E-state index in [9.17, 15) is 4.79 Å². The Labute approximate surface area is 145 Å². The second-order valence-electron chi connectivity index (χ2n) is 6.48. The van der Waals surface area contributed by atoms with Crippen LogP contribution in [-0.4, -0.2) is 28.9 Å². The van der Waals surface area contributed by atoms with Crippen LogP contribution in [0.25, 0.3) is 21.0 Å². The van der Waals surface area contributed by atoms with E-state index in [2.05, 4.69) is 11.9 Å². The lowest BCUT2D eigenvalue weighted by atomic mass is 10.0. The standard InChI is InChI=1S/C19H20N2O2S/c1-13-5-4-11-21(12-10-13)19(22)16-9-8-15(23-16)18-20-14-6-2-3-7-17(14)24-18/h2-3,6-9,13H,4-5,10-12H2,1H3/t13-/m0/s1. The smallest absolute Gasteiger partial charge is 0.289 e. The zero-order valence-corrected chi connectivity index (χ0v) is 14.5. The predicted molar refractivity (Wildman–Crippen MR) is 96.2 cm³/mol. The lowest BCUT2D eigenvalue weighted by Gasteiger charge is -2.18. The number of fused-ring (bicyclic) bond motifs is 1. The van der Waals surface area contributed by atoms with Crippen LogP contribution in [-0.2, 0) is 0 Å². The molecule has 1 saturated heterocycles. The first-order valence-corrected chi connectivity index (χ1v) is 9.27. The number of likely N-dealkylation sites (tertiary alicyclic amines) is 1. The molecule has 0 spiro atoms. The van der Waals surface area contributed by atoms with Crippen LogP contribution in [0.1, 0.15) is 36.7 Å². The fraction of sp³-hybridized carbons (Fsp3) is 0.368. The molecule has 1 aliphatic rings. The first-order valence-electron chi connectivity index (χ1n) is 8.46. The number of rotatable bonds is 2. The van der Waals surface area contributed by atoms with Gasteiger partial charge in [0.15, 0.2) is 16.5 Å². The SMILES string of the molecule is C[C@H]1CCCN(C(=O)c2ccc(-c3nc4ccccc4s3)o2)CC1. The van der Waals surface area contributed by atoms with Gasteiger partial charge in [-0.15, -0.1) is 11.3 Å². The summed E-state index contributed by atoms with van der Waals surface area (Å²) in [4.78, 5) is 19.2. The Kier molecular flexibility index (Phi) is 4.10. The van der Waals surface area contributed by atoms with Gasteiger partial charge in [0.25, 0.3) is 5.91 Å². The van der Waals surface area contributed by atoms with E-state index in [4.69, 9.17) is 4.42 Å². The molecule has 4 nitrogen and oxygen atoms in total.